The zero-order chi connectivity index (χ0) is 20.9. The van der Waals surface area contributed by atoms with Crippen LogP contribution in [-0.4, -0.2) is 23.0 Å². The Labute approximate surface area is 176 Å². The summed E-state index contributed by atoms with van der Waals surface area (Å²) in [6.07, 6.45) is 20.3. The molecule has 0 aromatic rings. The van der Waals surface area contributed by atoms with E-state index in [0.717, 1.165) is 19.3 Å². The van der Waals surface area contributed by atoms with Crippen molar-refractivity contribution in [2.45, 2.75) is 154 Å². The van der Waals surface area contributed by atoms with Gasteiger partial charge in [-0.3, -0.25) is 4.79 Å². The number of hydrogen-bond donors (Lipinski definition) is 2. The molecule has 0 bridgehead atoms. The molecule has 0 saturated carbocycles. The fourth-order valence-corrected chi connectivity index (χ4v) is 5.03. The van der Waals surface area contributed by atoms with Crippen LogP contribution < -0.4 is 10.6 Å². The van der Waals surface area contributed by atoms with E-state index >= 15 is 0 Å². The van der Waals surface area contributed by atoms with Crippen LogP contribution in [0.25, 0.3) is 0 Å². The first-order valence-corrected chi connectivity index (χ1v) is 12.3. The summed E-state index contributed by atoms with van der Waals surface area (Å²) < 4.78 is 0. The predicted molar refractivity (Wildman–Crippen MR) is 123 cm³/mol. The Balaban J connectivity index is 1.95. The second-order valence-corrected chi connectivity index (χ2v) is 10.6. The van der Waals surface area contributed by atoms with Crippen LogP contribution >= 0.6 is 0 Å². The van der Waals surface area contributed by atoms with Crippen LogP contribution in [0.4, 0.5) is 0 Å². The third-order valence-corrected chi connectivity index (χ3v) is 6.06. The van der Waals surface area contributed by atoms with E-state index in [2.05, 4.69) is 45.3 Å². The number of nitrogens with one attached hydrogen (secondary N) is 2. The second kappa shape index (κ2) is 13.6. The molecule has 0 radical (unpaired) electrons. The Morgan fingerprint density at radius 1 is 0.750 bits per heavy atom. The van der Waals surface area contributed by atoms with E-state index in [-0.39, 0.29) is 17.0 Å². The van der Waals surface area contributed by atoms with E-state index in [0.29, 0.717) is 12.5 Å². The highest BCUT2D eigenvalue weighted by atomic mass is 16.1. The lowest BCUT2D eigenvalue weighted by molar-refractivity contribution is -0.122. The van der Waals surface area contributed by atoms with Crippen molar-refractivity contribution in [1.82, 2.24) is 10.6 Å². The van der Waals surface area contributed by atoms with E-state index in [4.69, 9.17) is 0 Å². The van der Waals surface area contributed by atoms with Crippen molar-refractivity contribution in [1.29, 1.82) is 0 Å². The maximum Gasteiger partial charge on any atom is 0.220 e. The molecule has 1 amide bonds. The maximum absolute atomic E-state index is 12.3. The van der Waals surface area contributed by atoms with Gasteiger partial charge in [0, 0.05) is 23.5 Å². The van der Waals surface area contributed by atoms with Crippen LogP contribution in [0.2, 0.25) is 0 Å². The second-order valence-electron chi connectivity index (χ2n) is 10.6. The zero-order valence-electron chi connectivity index (χ0n) is 19.8. The average Bonchev–Trinajstić information content (AvgIpc) is 2.56. The molecule has 166 valence electrons. The molecule has 1 heterocycles. The Morgan fingerprint density at radius 3 is 1.57 bits per heavy atom. The fourth-order valence-electron chi connectivity index (χ4n) is 5.03. The molecule has 1 aliphatic heterocycles. The molecule has 1 rings (SSSR count). The molecular weight excluding hydrogens is 344 g/mol. The SMILES string of the molecule is CCCCCCCCCCCCCCCC(=O)NC1CC(C)(C)NC(C)(C)C1. The average molecular weight is 395 g/mol. The minimum Gasteiger partial charge on any atom is -0.353 e. The van der Waals surface area contributed by atoms with Crippen LogP contribution in [0.15, 0.2) is 0 Å². The molecule has 0 aromatic heterocycles. The third kappa shape index (κ3) is 12.8. The molecule has 2 N–H and O–H groups in total. The van der Waals surface area contributed by atoms with Crippen molar-refractivity contribution in [3.8, 4) is 0 Å². The van der Waals surface area contributed by atoms with E-state index < -0.39 is 0 Å². The monoisotopic (exact) mass is 394 g/mol. The fraction of sp³-hybridized carbons (Fsp3) is 0.960. The van der Waals surface area contributed by atoms with Gasteiger partial charge in [-0.2, -0.15) is 0 Å². The van der Waals surface area contributed by atoms with Gasteiger partial charge in [-0.15, -0.1) is 0 Å². The van der Waals surface area contributed by atoms with Gasteiger partial charge in [0.15, 0.2) is 0 Å². The van der Waals surface area contributed by atoms with Gasteiger partial charge in [0.25, 0.3) is 0 Å². The normalized spacial score (nSPS) is 18.9. The van der Waals surface area contributed by atoms with E-state index in [1.807, 2.05) is 0 Å². The Bertz CT molecular complexity index is 401. The molecule has 1 aliphatic rings. The van der Waals surface area contributed by atoms with Gasteiger partial charge >= 0.3 is 0 Å². The standard InChI is InChI=1S/C25H50N2O/c1-6-7-8-9-10-11-12-13-14-15-16-17-18-19-23(28)26-22-20-24(2,3)27-25(4,5)21-22/h22,27H,6-21H2,1-5H3,(H,26,28). The van der Waals surface area contributed by atoms with E-state index in [1.54, 1.807) is 0 Å². The molecule has 0 aliphatic carbocycles. The lowest BCUT2D eigenvalue weighted by Gasteiger charge is -2.46. The van der Waals surface area contributed by atoms with Crippen molar-refractivity contribution in [3.63, 3.8) is 0 Å². The molecule has 28 heavy (non-hydrogen) atoms. The van der Waals surface area contributed by atoms with Crippen LogP contribution in [0.1, 0.15) is 137 Å². The van der Waals surface area contributed by atoms with Crippen molar-refractivity contribution in [2.24, 2.45) is 0 Å². The number of carbonyl (C=O) groups is 1. The number of carbonyl (C=O) groups excluding carboxylic acids is 1. The van der Waals surface area contributed by atoms with Crippen molar-refractivity contribution < 1.29 is 4.79 Å². The minimum absolute atomic E-state index is 0.0925. The summed E-state index contributed by atoms with van der Waals surface area (Å²) in [6.45, 7) is 11.2. The van der Waals surface area contributed by atoms with Crippen molar-refractivity contribution in [3.05, 3.63) is 0 Å². The molecule has 3 heteroatoms. The molecule has 0 aromatic carbocycles. The highest BCUT2D eigenvalue weighted by molar-refractivity contribution is 5.76. The highest BCUT2D eigenvalue weighted by Gasteiger charge is 2.37. The molecule has 0 atom stereocenters. The summed E-state index contributed by atoms with van der Waals surface area (Å²) in [7, 11) is 0. The van der Waals surface area contributed by atoms with Crippen LogP contribution in [0.5, 0.6) is 0 Å². The molecule has 0 unspecified atom stereocenters. The van der Waals surface area contributed by atoms with Gasteiger partial charge in [-0.25, -0.2) is 0 Å². The number of hydrogen-bond acceptors (Lipinski definition) is 2. The summed E-state index contributed by atoms with van der Waals surface area (Å²) in [6, 6.07) is 0.306. The maximum atomic E-state index is 12.3. The minimum atomic E-state index is 0.0925. The first-order valence-electron chi connectivity index (χ1n) is 12.3. The van der Waals surface area contributed by atoms with Gasteiger partial charge in [0.05, 0.1) is 0 Å². The number of amides is 1. The summed E-state index contributed by atoms with van der Waals surface area (Å²) in [4.78, 5) is 12.3. The smallest absolute Gasteiger partial charge is 0.220 e. The number of piperidine rings is 1. The molecule has 1 fully saturated rings. The van der Waals surface area contributed by atoms with Crippen LogP contribution in [-0.2, 0) is 4.79 Å². The van der Waals surface area contributed by atoms with E-state index in [9.17, 15) is 4.79 Å². The number of rotatable bonds is 15. The first kappa shape index (κ1) is 25.5. The molecular formula is C25H50N2O. The lowest BCUT2D eigenvalue weighted by atomic mass is 9.79. The third-order valence-electron chi connectivity index (χ3n) is 6.06. The molecule has 1 saturated heterocycles. The van der Waals surface area contributed by atoms with Gasteiger partial charge in [0.2, 0.25) is 5.91 Å². The van der Waals surface area contributed by atoms with Gasteiger partial charge in [0.1, 0.15) is 0 Å². The molecule has 0 spiro atoms. The summed E-state index contributed by atoms with van der Waals surface area (Å²) in [5, 5.41) is 6.97. The Morgan fingerprint density at radius 2 is 1.14 bits per heavy atom. The summed E-state index contributed by atoms with van der Waals surface area (Å²) >= 11 is 0. The first-order chi connectivity index (χ1) is 13.2. The van der Waals surface area contributed by atoms with Gasteiger partial charge in [-0.1, -0.05) is 84.0 Å². The Hall–Kier alpha value is -0.570. The lowest BCUT2D eigenvalue weighted by Crippen LogP contribution is -2.62. The highest BCUT2D eigenvalue weighted by Crippen LogP contribution is 2.28. The molecule has 3 nitrogen and oxygen atoms in total. The number of unbranched alkanes of at least 4 members (excludes halogenated alkanes) is 12. The summed E-state index contributed by atoms with van der Waals surface area (Å²) in [5.74, 6) is 0.251. The Kier molecular flexibility index (Phi) is 12.4. The van der Waals surface area contributed by atoms with Crippen molar-refractivity contribution >= 4 is 5.91 Å². The van der Waals surface area contributed by atoms with E-state index in [1.165, 1.54) is 77.0 Å². The topological polar surface area (TPSA) is 41.1 Å². The van der Waals surface area contributed by atoms with Gasteiger partial charge in [-0.05, 0) is 47.0 Å². The van der Waals surface area contributed by atoms with Crippen LogP contribution in [0.3, 0.4) is 0 Å². The predicted octanol–water partition coefficient (Wildman–Crippen LogP) is 6.89. The van der Waals surface area contributed by atoms with Gasteiger partial charge < -0.3 is 10.6 Å². The van der Waals surface area contributed by atoms with Crippen molar-refractivity contribution in [2.75, 3.05) is 0 Å². The van der Waals surface area contributed by atoms with Crippen LogP contribution in [0, 0.1) is 0 Å². The largest absolute Gasteiger partial charge is 0.353 e. The zero-order valence-corrected chi connectivity index (χ0v) is 19.8. The quantitative estimate of drug-likeness (QED) is 0.297. The summed E-state index contributed by atoms with van der Waals surface area (Å²) in [5.41, 5.74) is 0.185.